The Labute approximate surface area is 155 Å². The molecule has 0 unspecified atom stereocenters. The molecule has 0 saturated carbocycles. The van der Waals surface area contributed by atoms with Crippen molar-refractivity contribution in [1.29, 1.82) is 5.41 Å². The van der Waals surface area contributed by atoms with Gasteiger partial charge in [0.05, 0.1) is 12.4 Å². The average molecular weight is 349 g/mol. The summed E-state index contributed by atoms with van der Waals surface area (Å²) in [7, 11) is 0. The highest BCUT2D eigenvalue weighted by atomic mass is 15.4. The van der Waals surface area contributed by atoms with Gasteiger partial charge < -0.3 is 0 Å². The Kier molecular flexibility index (Phi) is 8.06. The predicted molar refractivity (Wildman–Crippen MR) is 110 cm³/mol. The third-order valence-electron chi connectivity index (χ3n) is 3.82. The second kappa shape index (κ2) is 10.8. The van der Waals surface area contributed by atoms with Crippen LogP contribution in [0.25, 0.3) is 0 Å². The van der Waals surface area contributed by atoms with E-state index in [1.54, 1.807) is 12.4 Å². The van der Waals surface area contributed by atoms with E-state index in [0.717, 1.165) is 36.8 Å². The molecular weight excluding hydrogens is 322 g/mol. The second-order valence-corrected chi connectivity index (χ2v) is 6.10. The number of nitrogens with zero attached hydrogens (tertiary/aromatic N) is 2. The number of benzene rings is 2. The van der Waals surface area contributed by atoms with E-state index >= 15 is 0 Å². The Bertz CT molecular complexity index is 667. The Hall–Kier alpha value is -2.95. The molecule has 0 radical (unpaired) electrons. The van der Waals surface area contributed by atoms with Crippen LogP contribution in [0, 0.1) is 5.41 Å². The number of hydrogen-bond acceptors (Lipinski definition) is 3. The van der Waals surface area contributed by atoms with Crippen LogP contribution in [0.5, 0.6) is 0 Å². The normalized spacial score (nSPS) is 11.2. The Balaban J connectivity index is 1.75. The maximum absolute atomic E-state index is 7.75. The van der Waals surface area contributed by atoms with Gasteiger partial charge in [-0.3, -0.25) is 5.41 Å². The first-order chi connectivity index (χ1) is 12.7. The molecule has 0 heterocycles. The van der Waals surface area contributed by atoms with Crippen LogP contribution >= 0.6 is 0 Å². The highest BCUT2D eigenvalue weighted by molar-refractivity contribution is 5.84. The van der Waals surface area contributed by atoms with Gasteiger partial charge in [0.15, 0.2) is 0 Å². The molecule has 0 saturated heterocycles. The van der Waals surface area contributed by atoms with Gasteiger partial charge in [-0.1, -0.05) is 75.2 Å². The molecule has 0 aliphatic heterocycles. The van der Waals surface area contributed by atoms with Crippen molar-refractivity contribution in [3.05, 3.63) is 70.8 Å². The topological polar surface area (TPSA) is 72.6 Å². The fourth-order valence-corrected chi connectivity index (χ4v) is 2.49. The van der Waals surface area contributed by atoms with E-state index < -0.39 is 0 Å². The summed E-state index contributed by atoms with van der Waals surface area (Å²) in [5.74, 6) is 0.0164. The molecule has 0 spiro atoms. The zero-order valence-corrected chi connectivity index (χ0v) is 15.5. The van der Waals surface area contributed by atoms with Gasteiger partial charge >= 0.3 is 0 Å². The van der Waals surface area contributed by atoms with Gasteiger partial charge in [-0.15, -0.1) is 0 Å². The van der Waals surface area contributed by atoms with Gasteiger partial charge in [0.2, 0.25) is 5.96 Å². The molecule has 26 heavy (non-hydrogen) atoms. The maximum Gasteiger partial charge on any atom is 0.230 e. The summed E-state index contributed by atoms with van der Waals surface area (Å²) in [5.41, 5.74) is 9.84. The van der Waals surface area contributed by atoms with Crippen LogP contribution in [0.1, 0.15) is 48.9 Å². The summed E-state index contributed by atoms with van der Waals surface area (Å²) in [6.07, 6.45) is 7.82. The van der Waals surface area contributed by atoms with Crippen LogP contribution in [0.4, 0.5) is 0 Å². The van der Waals surface area contributed by atoms with Crippen molar-refractivity contribution in [2.45, 2.75) is 39.5 Å². The number of nitrogens with one attached hydrogen (secondary N) is 3. The van der Waals surface area contributed by atoms with E-state index in [4.69, 9.17) is 5.41 Å². The van der Waals surface area contributed by atoms with E-state index in [1.165, 1.54) is 11.1 Å². The molecule has 3 N–H and O–H groups in total. The smallest absolute Gasteiger partial charge is 0.230 e. The van der Waals surface area contributed by atoms with E-state index in [2.05, 4.69) is 59.2 Å². The van der Waals surface area contributed by atoms with E-state index in [1.807, 2.05) is 24.3 Å². The zero-order chi connectivity index (χ0) is 18.6. The lowest BCUT2D eigenvalue weighted by Gasteiger charge is -2.02. The fraction of sp³-hybridized carbons (Fsp3) is 0.286. The molecule has 2 rings (SSSR count). The molecule has 136 valence electrons. The number of rotatable bonds is 8. The van der Waals surface area contributed by atoms with Crippen LogP contribution in [0.15, 0.2) is 58.7 Å². The first kappa shape index (κ1) is 19.4. The quantitative estimate of drug-likeness (QED) is 0.382. The SMILES string of the molecule is CCCc1ccc(/C=N/NC(=N)N/N=C/c2ccc(CCC)cc2)cc1. The van der Waals surface area contributed by atoms with Crippen LogP contribution in [-0.2, 0) is 12.8 Å². The van der Waals surface area contributed by atoms with Crippen LogP contribution in [0.2, 0.25) is 0 Å². The van der Waals surface area contributed by atoms with Gasteiger partial charge in [0.1, 0.15) is 0 Å². The van der Waals surface area contributed by atoms with Gasteiger partial charge in [-0.05, 0) is 35.1 Å². The van der Waals surface area contributed by atoms with Crippen molar-refractivity contribution < 1.29 is 0 Å². The molecule has 2 aromatic carbocycles. The fourth-order valence-electron chi connectivity index (χ4n) is 2.49. The zero-order valence-electron chi connectivity index (χ0n) is 15.5. The van der Waals surface area contributed by atoms with E-state index in [-0.39, 0.29) is 5.96 Å². The largest absolute Gasteiger partial charge is 0.266 e. The van der Waals surface area contributed by atoms with Crippen LogP contribution in [-0.4, -0.2) is 18.4 Å². The molecule has 0 aromatic heterocycles. The summed E-state index contributed by atoms with van der Waals surface area (Å²) < 4.78 is 0. The molecule has 0 atom stereocenters. The number of aryl methyl sites for hydroxylation is 2. The molecule has 2 aromatic rings. The molecule has 0 aliphatic carbocycles. The molecule has 5 heteroatoms. The van der Waals surface area contributed by atoms with Gasteiger partial charge in [-0.25, -0.2) is 10.9 Å². The Morgan fingerprint density at radius 3 is 1.50 bits per heavy atom. The van der Waals surface area contributed by atoms with Crippen molar-refractivity contribution in [2.75, 3.05) is 0 Å². The Morgan fingerprint density at radius 2 is 1.15 bits per heavy atom. The molecule has 0 bridgehead atoms. The third-order valence-corrected chi connectivity index (χ3v) is 3.82. The Morgan fingerprint density at radius 1 is 0.769 bits per heavy atom. The van der Waals surface area contributed by atoms with Crippen molar-refractivity contribution in [1.82, 2.24) is 10.9 Å². The first-order valence-corrected chi connectivity index (χ1v) is 9.06. The van der Waals surface area contributed by atoms with Crippen molar-refractivity contribution in [3.63, 3.8) is 0 Å². The van der Waals surface area contributed by atoms with Gasteiger partial charge in [-0.2, -0.15) is 10.2 Å². The summed E-state index contributed by atoms with van der Waals surface area (Å²) in [5, 5.41) is 15.8. The minimum Gasteiger partial charge on any atom is -0.266 e. The number of hydrazone groups is 2. The monoisotopic (exact) mass is 349 g/mol. The lowest BCUT2D eigenvalue weighted by molar-refractivity contribution is 0.892. The lowest BCUT2D eigenvalue weighted by Crippen LogP contribution is -2.29. The average Bonchev–Trinajstić information content (AvgIpc) is 2.65. The number of hydrogen-bond donors (Lipinski definition) is 3. The highest BCUT2D eigenvalue weighted by Gasteiger charge is 1.94. The first-order valence-electron chi connectivity index (χ1n) is 9.06. The molecule has 0 amide bonds. The second-order valence-electron chi connectivity index (χ2n) is 6.10. The van der Waals surface area contributed by atoms with Gasteiger partial charge in [0, 0.05) is 0 Å². The lowest BCUT2D eigenvalue weighted by atomic mass is 10.1. The van der Waals surface area contributed by atoms with Crippen molar-refractivity contribution in [3.8, 4) is 0 Å². The summed E-state index contributed by atoms with van der Waals surface area (Å²) in [6, 6.07) is 16.5. The maximum atomic E-state index is 7.75. The van der Waals surface area contributed by atoms with Crippen molar-refractivity contribution >= 4 is 18.4 Å². The van der Waals surface area contributed by atoms with E-state index in [9.17, 15) is 0 Å². The van der Waals surface area contributed by atoms with E-state index in [0.29, 0.717) is 0 Å². The van der Waals surface area contributed by atoms with Crippen LogP contribution < -0.4 is 10.9 Å². The molecule has 0 fully saturated rings. The molecular formula is C21H27N5. The third kappa shape index (κ3) is 6.89. The molecule has 5 nitrogen and oxygen atoms in total. The predicted octanol–water partition coefficient (Wildman–Crippen LogP) is 4.07. The summed E-state index contributed by atoms with van der Waals surface area (Å²) in [6.45, 7) is 4.34. The highest BCUT2D eigenvalue weighted by Crippen LogP contribution is 2.05. The minimum atomic E-state index is 0.0164. The van der Waals surface area contributed by atoms with Crippen molar-refractivity contribution in [2.24, 2.45) is 10.2 Å². The summed E-state index contributed by atoms with van der Waals surface area (Å²) in [4.78, 5) is 0. The minimum absolute atomic E-state index is 0.0164. The summed E-state index contributed by atoms with van der Waals surface area (Å²) >= 11 is 0. The standard InChI is InChI=1S/C21H27N5/c1-3-5-17-7-11-19(12-8-17)15-23-25-21(22)26-24-16-20-13-9-18(6-4-2)10-14-20/h7-16H,3-6H2,1-2H3,(H3,22,25,26)/b23-15+,24-16+. The molecule has 0 aliphatic rings. The van der Waals surface area contributed by atoms with Crippen LogP contribution in [0.3, 0.4) is 0 Å². The number of guanidine groups is 1. The van der Waals surface area contributed by atoms with Gasteiger partial charge in [0.25, 0.3) is 0 Å².